The lowest BCUT2D eigenvalue weighted by Crippen LogP contribution is -2.42. The smallest absolute Gasteiger partial charge is 0.326 e. The zero-order chi connectivity index (χ0) is 22.1. The van der Waals surface area contributed by atoms with Crippen molar-refractivity contribution in [1.29, 1.82) is 0 Å². The van der Waals surface area contributed by atoms with E-state index in [1.54, 1.807) is 6.20 Å². The van der Waals surface area contributed by atoms with Gasteiger partial charge in [-0.3, -0.25) is 9.78 Å². The summed E-state index contributed by atoms with van der Waals surface area (Å²) in [5, 5.41) is 15.9. The number of amides is 1. The third kappa shape index (κ3) is 3.63. The molecule has 1 atom stereocenters. The van der Waals surface area contributed by atoms with Gasteiger partial charge in [-0.15, -0.1) is 0 Å². The van der Waals surface area contributed by atoms with Crippen LogP contribution in [0.3, 0.4) is 0 Å². The van der Waals surface area contributed by atoms with Gasteiger partial charge in [-0.1, -0.05) is 60.7 Å². The lowest BCUT2D eigenvalue weighted by molar-refractivity contribution is -0.139. The summed E-state index contributed by atoms with van der Waals surface area (Å²) in [5.41, 5.74) is 2.38. The number of carboxylic acids is 1. The molecule has 0 unspecified atom stereocenters. The molecule has 0 saturated heterocycles. The van der Waals surface area contributed by atoms with Crippen LogP contribution < -0.4 is 5.32 Å². The number of hydrogen-bond acceptors (Lipinski definition) is 4. The third-order valence-corrected chi connectivity index (χ3v) is 5.51. The first-order chi connectivity index (χ1) is 15.6. The molecule has 0 radical (unpaired) electrons. The van der Waals surface area contributed by atoms with Gasteiger partial charge in [0.25, 0.3) is 5.91 Å². The van der Waals surface area contributed by atoms with E-state index in [4.69, 9.17) is 0 Å². The lowest BCUT2D eigenvalue weighted by atomic mass is 9.96. The fourth-order valence-electron chi connectivity index (χ4n) is 3.99. The second kappa shape index (κ2) is 8.07. The Kier molecular flexibility index (Phi) is 4.95. The van der Waals surface area contributed by atoms with Gasteiger partial charge in [0.05, 0.1) is 22.3 Å². The minimum atomic E-state index is -1.14. The Morgan fingerprint density at radius 3 is 2.09 bits per heavy atom. The van der Waals surface area contributed by atoms with Crippen LogP contribution in [0.1, 0.15) is 16.1 Å². The average Bonchev–Trinajstić information content (AvgIpc) is 2.81. The number of fused-ring (bicyclic) bond motifs is 3. The minimum absolute atomic E-state index is 0.0294. The summed E-state index contributed by atoms with van der Waals surface area (Å²) < 4.78 is 0. The topological polar surface area (TPSA) is 92.2 Å². The van der Waals surface area contributed by atoms with E-state index in [-0.39, 0.29) is 6.42 Å². The Bertz CT molecular complexity index is 1440. The van der Waals surface area contributed by atoms with Crippen LogP contribution in [0.5, 0.6) is 0 Å². The number of rotatable bonds is 5. The van der Waals surface area contributed by atoms with Gasteiger partial charge in [0.2, 0.25) is 0 Å². The van der Waals surface area contributed by atoms with Crippen molar-refractivity contribution < 1.29 is 14.7 Å². The monoisotopic (exact) mass is 421 g/mol. The highest BCUT2D eigenvalue weighted by molar-refractivity contribution is 6.18. The van der Waals surface area contributed by atoms with Crippen LogP contribution in [0.2, 0.25) is 0 Å². The molecule has 0 spiro atoms. The van der Waals surface area contributed by atoms with E-state index in [1.807, 2.05) is 78.9 Å². The number of benzene rings is 4. The molecular weight excluding hydrogens is 402 g/mol. The molecule has 0 bridgehead atoms. The van der Waals surface area contributed by atoms with Crippen molar-refractivity contribution in [1.82, 2.24) is 15.3 Å². The number of para-hydroxylation sites is 2. The van der Waals surface area contributed by atoms with E-state index in [0.29, 0.717) is 16.8 Å². The van der Waals surface area contributed by atoms with Crippen molar-refractivity contribution in [3.63, 3.8) is 0 Å². The van der Waals surface area contributed by atoms with Gasteiger partial charge < -0.3 is 10.4 Å². The second-order valence-corrected chi connectivity index (χ2v) is 7.61. The Morgan fingerprint density at radius 2 is 1.44 bits per heavy atom. The van der Waals surface area contributed by atoms with E-state index in [9.17, 15) is 14.7 Å². The second-order valence-electron chi connectivity index (χ2n) is 7.61. The first-order valence-corrected chi connectivity index (χ1v) is 10.2. The molecule has 1 heterocycles. The first-order valence-electron chi connectivity index (χ1n) is 10.2. The molecule has 6 heteroatoms. The number of nitrogens with zero attached hydrogens (tertiary/aromatic N) is 2. The van der Waals surface area contributed by atoms with Crippen LogP contribution >= 0.6 is 0 Å². The quantitative estimate of drug-likeness (QED) is 0.411. The van der Waals surface area contributed by atoms with Gasteiger partial charge in [-0.05, 0) is 39.7 Å². The van der Waals surface area contributed by atoms with Gasteiger partial charge in [0, 0.05) is 12.6 Å². The van der Waals surface area contributed by atoms with Gasteiger partial charge in [0.15, 0.2) is 0 Å². The number of hydrogen-bond donors (Lipinski definition) is 2. The van der Waals surface area contributed by atoms with Crippen molar-refractivity contribution in [2.24, 2.45) is 0 Å². The van der Waals surface area contributed by atoms with E-state index in [2.05, 4.69) is 15.3 Å². The predicted molar refractivity (Wildman–Crippen MR) is 124 cm³/mol. The van der Waals surface area contributed by atoms with Crippen molar-refractivity contribution in [3.05, 3.63) is 96.3 Å². The van der Waals surface area contributed by atoms with Gasteiger partial charge >= 0.3 is 5.97 Å². The van der Waals surface area contributed by atoms with Crippen LogP contribution in [-0.2, 0) is 11.2 Å². The van der Waals surface area contributed by atoms with Crippen LogP contribution in [0.25, 0.3) is 32.6 Å². The molecule has 156 valence electrons. The molecule has 2 N–H and O–H groups in total. The normalized spacial score (nSPS) is 12.1. The summed E-state index contributed by atoms with van der Waals surface area (Å²) in [6.45, 7) is 0. The van der Waals surface area contributed by atoms with Crippen LogP contribution in [0.4, 0.5) is 0 Å². The molecule has 0 saturated carbocycles. The number of nitrogens with one attached hydrogen (secondary N) is 1. The van der Waals surface area contributed by atoms with Crippen molar-refractivity contribution >= 4 is 44.5 Å². The number of carbonyl (C=O) groups excluding carboxylic acids is 1. The minimum Gasteiger partial charge on any atom is -0.480 e. The van der Waals surface area contributed by atoms with Crippen molar-refractivity contribution in [2.45, 2.75) is 12.5 Å². The zero-order valence-corrected chi connectivity index (χ0v) is 17.0. The maximum Gasteiger partial charge on any atom is 0.326 e. The molecule has 0 aliphatic rings. The molecule has 1 aromatic heterocycles. The largest absolute Gasteiger partial charge is 0.480 e. The van der Waals surface area contributed by atoms with Crippen LogP contribution in [-0.4, -0.2) is 33.0 Å². The Labute approximate surface area is 183 Å². The SMILES string of the molecule is O=C(N[C@H](Cc1cnc2ccccc2n1)C(=O)O)c1c2ccccc2cc2ccccc12. The standard InChI is InChI=1S/C26H19N3O3/c30-25(24-19-9-3-1-7-16(19)13-17-8-2-4-10-20(17)24)29-23(26(31)32)14-18-15-27-21-11-5-6-12-22(21)28-18/h1-13,15,23H,14H2,(H,29,30)(H,31,32)/t23-/m1/s1. The molecule has 5 rings (SSSR count). The molecule has 32 heavy (non-hydrogen) atoms. The number of carboxylic acid groups (broad SMARTS) is 1. The molecule has 0 aliphatic heterocycles. The highest BCUT2D eigenvalue weighted by atomic mass is 16.4. The predicted octanol–water partition coefficient (Wildman–Crippen LogP) is 4.36. The van der Waals surface area contributed by atoms with Crippen LogP contribution in [0, 0.1) is 0 Å². The molecule has 4 aromatic carbocycles. The first kappa shape index (κ1) is 19.6. The fraction of sp³-hybridized carbons (Fsp3) is 0.0769. The Morgan fingerprint density at radius 1 is 0.844 bits per heavy atom. The molecule has 0 fully saturated rings. The lowest BCUT2D eigenvalue weighted by Gasteiger charge is -2.17. The van der Waals surface area contributed by atoms with Crippen LogP contribution in [0.15, 0.2) is 85.1 Å². The van der Waals surface area contributed by atoms with Gasteiger partial charge in [0.1, 0.15) is 6.04 Å². The molecule has 0 aliphatic carbocycles. The van der Waals surface area contributed by atoms with E-state index in [1.165, 1.54) is 0 Å². The Hall–Kier alpha value is -4.32. The highest BCUT2D eigenvalue weighted by Crippen LogP contribution is 2.28. The molecule has 5 aromatic rings. The highest BCUT2D eigenvalue weighted by Gasteiger charge is 2.24. The van der Waals surface area contributed by atoms with Crippen molar-refractivity contribution in [3.8, 4) is 0 Å². The number of aromatic nitrogens is 2. The number of carbonyl (C=O) groups is 2. The molecule has 1 amide bonds. The van der Waals surface area contributed by atoms with E-state index >= 15 is 0 Å². The maximum absolute atomic E-state index is 13.4. The Balaban J connectivity index is 1.51. The summed E-state index contributed by atoms with van der Waals surface area (Å²) >= 11 is 0. The molecule has 6 nitrogen and oxygen atoms in total. The summed E-state index contributed by atoms with van der Waals surface area (Å²) in [4.78, 5) is 34.2. The van der Waals surface area contributed by atoms with E-state index < -0.39 is 17.9 Å². The van der Waals surface area contributed by atoms with Crippen molar-refractivity contribution in [2.75, 3.05) is 0 Å². The summed E-state index contributed by atoms with van der Waals surface area (Å²) in [6, 6.07) is 23.5. The zero-order valence-electron chi connectivity index (χ0n) is 17.0. The average molecular weight is 421 g/mol. The summed E-state index contributed by atoms with van der Waals surface area (Å²) in [6.07, 6.45) is 1.58. The summed E-state index contributed by atoms with van der Waals surface area (Å²) in [5.74, 6) is -1.56. The molecular formula is C26H19N3O3. The third-order valence-electron chi connectivity index (χ3n) is 5.51. The van der Waals surface area contributed by atoms with E-state index in [0.717, 1.165) is 27.1 Å². The fourth-order valence-corrected chi connectivity index (χ4v) is 3.99. The summed E-state index contributed by atoms with van der Waals surface area (Å²) in [7, 11) is 0. The number of aliphatic carboxylic acids is 1. The van der Waals surface area contributed by atoms with Gasteiger partial charge in [-0.25, -0.2) is 9.78 Å². The maximum atomic E-state index is 13.4. The van der Waals surface area contributed by atoms with Gasteiger partial charge in [-0.2, -0.15) is 0 Å².